The summed E-state index contributed by atoms with van der Waals surface area (Å²) in [5.41, 5.74) is 6.61. The van der Waals surface area contributed by atoms with Gasteiger partial charge in [-0.05, 0) is 59.2 Å². The molecule has 2 atom stereocenters. The Kier molecular flexibility index (Phi) is 4.85. The number of halogens is 1. The highest BCUT2D eigenvalue weighted by molar-refractivity contribution is 9.10. The van der Waals surface area contributed by atoms with Gasteiger partial charge in [-0.3, -0.25) is 0 Å². The van der Waals surface area contributed by atoms with Crippen molar-refractivity contribution < 1.29 is 4.74 Å². The van der Waals surface area contributed by atoms with Crippen molar-refractivity contribution in [1.82, 2.24) is 0 Å². The van der Waals surface area contributed by atoms with Crippen molar-refractivity contribution in [2.75, 3.05) is 0 Å². The highest BCUT2D eigenvalue weighted by atomic mass is 79.9. The standard InChI is InChI=1S/C15H20BrNOS/c1-9-6-10(2)8-11(7-9)18-13-5-3-4-12(16)14(13)15(17)19/h3-5,9-11H,6-8H2,1-2H3,(H2,17,19). The lowest BCUT2D eigenvalue weighted by Gasteiger charge is -2.32. The molecule has 2 N–H and O–H groups in total. The molecular weight excluding hydrogens is 322 g/mol. The smallest absolute Gasteiger partial charge is 0.131 e. The monoisotopic (exact) mass is 341 g/mol. The van der Waals surface area contributed by atoms with Gasteiger partial charge in [0, 0.05) is 4.47 Å². The molecule has 0 aliphatic heterocycles. The predicted molar refractivity (Wildman–Crippen MR) is 86.6 cm³/mol. The van der Waals surface area contributed by atoms with Gasteiger partial charge in [-0.15, -0.1) is 0 Å². The maximum atomic E-state index is 6.17. The Hall–Kier alpha value is -0.610. The zero-order valence-corrected chi connectivity index (χ0v) is 13.8. The molecule has 2 unspecified atom stereocenters. The Bertz CT molecular complexity index is 467. The van der Waals surface area contributed by atoms with Gasteiger partial charge in [0.05, 0.1) is 11.7 Å². The van der Waals surface area contributed by atoms with Crippen molar-refractivity contribution in [2.24, 2.45) is 17.6 Å². The summed E-state index contributed by atoms with van der Waals surface area (Å²) in [6.07, 6.45) is 3.77. The van der Waals surface area contributed by atoms with Gasteiger partial charge >= 0.3 is 0 Å². The highest BCUT2D eigenvalue weighted by Gasteiger charge is 2.26. The predicted octanol–water partition coefficient (Wildman–Crippen LogP) is 4.29. The number of ether oxygens (including phenoxy) is 1. The molecule has 0 amide bonds. The van der Waals surface area contributed by atoms with Crippen molar-refractivity contribution in [3.05, 3.63) is 28.2 Å². The van der Waals surface area contributed by atoms with Crippen molar-refractivity contribution in [1.29, 1.82) is 0 Å². The van der Waals surface area contributed by atoms with E-state index in [2.05, 4.69) is 29.8 Å². The van der Waals surface area contributed by atoms with Crippen molar-refractivity contribution in [2.45, 2.75) is 39.2 Å². The van der Waals surface area contributed by atoms with Gasteiger partial charge in [0.1, 0.15) is 10.7 Å². The third kappa shape index (κ3) is 3.69. The van der Waals surface area contributed by atoms with E-state index in [1.807, 2.05) is 18.2 Å². The summed E-state index contributed by atoms with van der Waals surface area (Å²) in [6.45, 7) is 4.59. The quantitative estimate of drug-likeness (QED) is 0.833. The summed E-state index contributed by atoms with van der Waals surface area (Å²) in [5, 5.41) is 0. The summed E-state index contributed by atoms with van der Waals surface area (Å²) < 4.78 is 7.07. The van der Waals surface area contributed by atoms with Crippen LogP contribution in [0, 0.1) is 11.8 Å². The van der Waals surface area contributed by atoms with Crippen molar-refractivity contribution in [3.8, 4) is 5.75 Å². The molecule has 0 radical (unpaired) electrons. The van der Waals surface area contributed by atoms with E-state index in [9.17, 15) is 0 Å². The number of hydrogen-bond acceptors (Lipinski definition) is 2. The zero-order valence-electron chi connectivity index (χ0n) is 11.4. The van der Waals surface area contributed by atoms with Crippen LogP contribution in [0.4, 0.5) is 0 Å². The molecule has 1 aliphatic carbocycles. The van der Waals surface area contributed by atoms with Crippen LogP contribution in [-0.4, -0.2) is 11.1 Å². The molecule has 0 aromatic heterocycles. The lowest BCUT2D eigenvalue weighted by atomic mass is 9.82. The largest absolute Gasteiger partial charge is 0.490 e. The molecule has 0 bridgehead atoms. The van der Waals surface area contributed by atoms with E-state index in [4.69, 9.17) is 22.7 Å². The minimum Gasteiger partial charge on any atom is -0.490 e. The molecule has 1 saturated carbocycles. The van der Waals surface area contributed by atoms with Crippen molar-refractivity contribution in [3.63, 3.8) is 0 Å². The fraction of sp³-hybridized carbons (Fsp3) is 0.533. The van der Waals surface area contributed by atoms with E-state index in [0.29, 0.717) is 16.8 Å². The second kappa shape index (κ2) is 6.23. The van der Waals surface area contributed by atoms with Crippen LogP contribution >= 0.6 is 28.1 Å². The van der Waals surface area contributed by atoms with Gasteiger partial charge in [0.2, 0.25) is 0 Å². The van der Waals surface area contributed by atoms with Crippen LogP contribution in [0.15, 0.2) is 22.7 Å². The first-order valence-electron chi connectivity index (χ1n) is 6.72. The van der Waals surface area contributed by atoms with E-state index in [1.165, 1.54) is 6.42 Å². The fourth-order valence-electron chi connectivity index (χ4n) is 2.99. The second-order valence-electron chi connectivity index (χ2n) is 5.63. The molecule has 0 saturated heterocycles. The number of nitrogens with two attached hydrogens (primary N) is 1. The maximum Gasteiger partial charge on any atom is 0.131 e. The molecule has 0 heterocycles. The third-order valence-corrected chi connectivity index (χ3v) is 4.52. The minimum atomic E-state index is 0.265. The highest BCUT2D eigenvalue weighted by Crippen LogP contribution is 2.34. The SMILES string of the molecule is CC1CC(C)CC(Oc2cccc(Br)c2C(N)=S)C1. The molecule has 0 spiro atoms. The summed E-state index contributed by atoms with van der Waals surface area (Å²) >= 11 is 8.61. The second-order valence-corrected chi connectivity index (χ2v) is 6.93. The van der Waals surface area contributed by atoms with Crippen LogP contribution in [0.2, 0.25) is 0 Å². The molecule has 104 valence electrons. The molecule has 1 fully saturated rings. The topological polar surface area (TPSA) is 35.2 Å². The lowest BCUT2D eigenvalue weighted by molar-refractivity contribution is 0.101. The van der Waals surface area contributed by atoms with E-state index < -0.39 is 0 Å². The Morgan fingerprint density at radius 1 is 1.26 bits per heavy atom. The van der Waals surface area contributed by atoms with Crippen LogP contribution < -0.4 is 10.5 Å². The molecule has 2 nitrogen and oxygen atoms in total. The van der Waals surface area contributed by atoms with Crippen molar-refractivity contribution >= 4 is 33.1 Å². The van der Waals surface area contributed by atoms with Gasteiger partial charge in [0.15, 0.2) is 0 Å². The summed E-state index contributed by atoms with van der Waals surface area (Å²) in [5.74, 6) is 2.23. The van der Waals surface area contributed by atoms with Gasteiger partial charge < -0.3 is 10.5 Å². The Morgan fingerprint density at radius 2 is 1.89 bits per heavy atom. The Labute approximate surface area is 128 Å². The van der Waals surface area contributed by atoms with Gasteiger partial charge in [-0.2, -0.15) is 0 Å². The Balaban J connectivity index is 2.19. The van der Waals surface area contributed by atoms with Gasteiger partial charge in [0.25, 0.3) is 0 Å². The normalized spacial score (nSPS) is 27.0. The molecule has 1 aromatic rings. The summed E-state index contributed by atoms with van der Waals surface area (Å²) in [6, 6.07) is 5.84. The first-order chi connectivity index (χ1) is 8.97. The number of benzene rings is 1. The van der Waals surface area contributed by atoms with E-state index in [-0.39, 0.29) is 6.10 Å². The fourth-order valence-corrected chi connectivity index (χ4v) is 3.89. The summed E-state index contributed by atoms with van der Waals surface area (Å²) in [4.78, 5) is 0.374. The molecular formula is C15H20BrNOS. The number of rotatable bonds is 3. The minimum absolute atomic E-state index is 0.265. The lowest BCUT2D eigenvalue weighted by Crippen LogP contribution is -2.29. The van der Waals surface area contributed by atoms with Crippen LogP contribution in [-0.2, 0) is 0 Å². The van der Waals surface area contributed by atoms with E-state index in [1.54, 1.807) is 0 Å². The number of thiocarbonyl (C=S) groups is 1. The van der Waals surface area contributed by atoms with Gasteiger partial charge in [-0.1, -0.05) is 32.1 Å². The average Bonchev–Trinajstić information content (AvgIpc) is 2.26. The number of hydrogen-bond donors (Lipinski definition) is 1. The van der Waals surface area contributed by atoms with Crippen LogP contribution in [0.25, 0.3) is 0 Å². The molecule has 1 aromatic carbocycles. The van der Waals surface area contributed by atoms with Crippen LogP contribution in [0.1, 0.15) is 38.7 Å². The average molecular weight is 342 g/mol. The molecule has 4 heteroatoms. The van der Waals surface area contributed by atoms with Gasteiger partial charge in [-0.25, -0.2) is 0 Å². The third-order valence-electron chi connectivity index (χ3n) is 3.65. The van der Waals surface area contributed by atoms with Crippen LogP contribution in [0.5, 0.6) is 5.75 Å². The van der Waals surface area contributed by atoms with E-state index in [0.717, 1.165) is 28.6 Å². The van der Waals surface area contributed by atoms with Crippen LogP contribution in [0.3, 0.4) is 0 Å². The molecule has 1 aliphatic rings. The maximum absolute atomic E-state index is 6.17. The van der Waals surface area contributed by atoms with E-state index >= 15 is 0 Å². The first-order valence-corrected chi connectivity index (χ1v) is 7.92. The molecule has 19 heavy (non-hydrogen) atoms. The molecule has 2 rings (SSSR count). The summed E-state index contributed by atoms with van der Waals surface area (Å²) in [7, 11) is 0. The zero-order chi connectivity index (χ0) is 14.0. The first kappa shape index (κ1) is 14.8. The Morgan fingerprint density at radius 3 is 2.47 bits per heavy atom.